The molecule has 9 nitrogen and oxygen atoms in total. The van der Waals surface area contributed by atoms with Gasteiger partial charge in [0.25, 0.3) is 0 Å². The van der Waals surface area contributed by atoms with Crippen molar-refractivity contribution in [1.82, 2.24) is 5.32 Å². The second kappa shape index (κ2) is 11.0. The lowest BCUT2D eigenvalue weighted by atomic mass is 9.91. The number of rotatable bonds is 2. The van der Waals surface area contributed by atoms with Crippen molar-refractivity contribution >= 4 is 29.3 Å². The Morgan fingerprint density at radius 1 is 1.24 bits per heavy atom. The van der Waals surface area contributed by atoms with E-state index in [-0.39, 0.29) is 30.6 Å². The van der Waals surface area contributed by atoms with Gasteiger partial charge in [0.05, 0.1) is 43.6 Å². The van der Waals surface area contributed by atoms with Crippen LogP contribution in [-0.4, -0.2) is 74.4 Å². The van der Waals surface area contributed by atoms with E-state index in [0.29, 0.717) is 35.7 Å². The summed E-state index contributed by atoms with van der Waals surface area (Å²) in [4.78, 5) is 26.9. The van der Waals surface area contributed by atoms with E-state index in [1.807, 2.05) is 37.3 Å². The van der Waals surface area contributed by atoms with Gasteiger partial charge in [0.2, 0.25) is 5.91 Å². The molecule has 3 aliphatic rings. The van der Waals surface area contributed by atoms with Crippen LogP contribution in [0.2, 0.25) is 5.02 Å². The first-order chi connectivity index (χ1) is 17.5. The van der Waals surface area contributed by atoms with E-state index >= 15 is 0 Å². The second-order valence-corrected chi connectivity index (χ2v) is 10.5. The molecule has 2 fully saturated rings. The number of alkyl carbamates (subject to hydrolysis) is 1. The minimum Gasteiger partial charge on any atom is -0.495 e. The molecule has 3 heterocycles. The smallest absolute Gasteiger partial charge is 0.407 e. The van der Waals surface area contributed by atoms with Crippen LogP contribution in [0.15, 0.2) is 35.9 Å². The summed E-state index contributed by atoms with van der Waals surface area (Å²) in [7, 11) is 4.76. The van der Waals surface area contributed by atoms with Gasteiger partial charge in [-0.3, -0.25) is 4.79 Å². The van der Waals surface area contributed by atoms with Gasteiger partial charge in [-0.1, -0.05) is 35.4 Å². The van der Waals surface area contributed by atoms with Gasteiger partial charge in [-0.15, -0.1) is 0 Å². The molecular weight excluding hydrogens is 500 g/mol. The number of anilines is 1. The van der Waals surface area contributed by atoms with Gasteiger partial charge >= 0.3 is 6.09 Å². The zero-order chi connectivity index (χ0) is 26.9. The molecule has 6 atom stereocenters. The fraction of sp³-hybridized carbons (Fsp3) is 0.556. The molecule has 1 aromatic carbocycles. The Labute approximate surface area is 222 Å². The number of hydrogen-bond donors (Lipinski definition) is 2. The van der Waals surface area contributed by atoms with Gasteiger partial charge in [0, 0.05) is 27.0 Å². The zero-order valence-corrected chi connectivity index (χ0v) is 22.6. The predicted molar refractivity (Wildman–Crippen MR) is 139 cm³/mol. The molecule has 37 heavy (non-hydrogen) atoms. The van der Waals surface area contributed by atoms with Gasteiger partial charge in [-0.2, -0.15) is 0 Å². The van der Waals surface area contributed by atoms with Crippen molar-refractivity contribution < 1.29 is 33.6 Å². The summed E-state index contributed by atoms with van der Waals surface area (Å²) >= 11 is 6.57. The van der Waals surface area contributed by atoms with E-state index in [2.05, 4.69) is 5.32 Å². The molecule has 2 N–H and O–H groups in total. The van der Waals surface area contributed by atoms with Crippen LogP contribution >= 0.6 is 11.6 Å². The molecule has 2 amide bonds. The summed E-state index contributed by atoms with van der Waals surface area (Å²) < 4.78 is 22.5. The number of nitrogens with zero attached hydrogens (tertiary/aromatic N) is 1. The maximum atomic E-state index is 13.2. The van der Waals surface area contributed by atoms with E-state index in [4.69, 9.17) is 30.5 Å². The molecule has 202 valence electrons. The van der Waals surface area contributed by atoms with E-state index < -0.39 is 23.9 Å². The molecule has 10 heteroatoms. The third kappa shape index (κ3) is 5.95. The minimum atomic E-state index is -1.05. The summed E-state index contributed by atoms with van der Waals surface area (Å²) in [6.07, 6.45) is 4.49. The van der Waals surface area contributed by atoms with E-state index in [1.54, 1.807) is 21.1 Å². The number of ether oxygens (including phenoxy) is 4. The van der Waals surface area contributed by atoms with Crippen LogP contribution in [0.4, 0.5) is 10.5 Å². The Bertz CT molecular complexity index is 1110. The standard InChI is InChI=1S/C27H35ClN2O7/c1-15-7-6-8-20(34-4)18-12-17(36-26(33)29-18)13-23-27(2,37-23)22(31)14-24(32)30(3)19-10-16(9-15)11-21(35-5)25(19)28/h6-8,10-11,17-18,20,22-23,31H,9,12-14H2,1-5H3,(H,29,33)/b8-6+,15-7+/t17-,18+,20?,22?,23?,27?/m0/s1. The normalized spacial score (nSPS) is 34.9. The lowest BCUT2D eigenvalue weighted by molar-refractivity contribution is -0.121. The number of allylic oxidation sites excluding steroid dienone is 3. The van der Waals surface area contributed by atoms with Crippen LogP contribution in [-0.2, 0) is 25.4 Å². The van der Waals surface area contributed by atoms with Crippen molar-refractivity contribution in [2.75, 3.05) is 26.2 Å². The van der Waals surface area contributed by atoms with Gasteiger partial charge in [-0.05, 0) is 38.0 Å². The highest BCUT2D eigenvalue weighted by molar-refractivity contribution is 6.35. The summed E-state index contributed by atoms with van der Waals surface area (Å²) in [5.41, 5.74) is 1.55. The van der Waals surface area contributed by atoms with Crippen molar-refractivity contribution in [3.05, 3.63) is 46.5 Å². The quantitative estimate of drug-likeness (QED) is 0.558. The van der Waals surface area contributed by atoms with Crippen LogP contribution < -0.4 is 15.0 Å². The van der Waals surface area contributed by atoms with Gasteiger partial charge in [-0.25, -0.2) is 4.79 Å². The number of aliphatic hydroxyl groups excluding tert-OH is 1. The van der Waals surface area contributed by atoms with Gasteiger partial charge in [0.15, 0.2) is 0 Å². The summed E-state index contributed by atoms with van der Waals surface area (Å²) in [6.45, 7) is 3.77. The van der Waals surface area contributed by atoms with Crippen LogP contribution in [0.5, 0.6) is 5.75 Å². The van der Waals surface area contributed by atoms with Crippen LogP contribution in [0.1, 0.15) is 38.7 Å². The number of hydrogen-bond acceptors (Lipinski definition) is 7. The molecule has 0 spiro atoms. The van der Waals surface area contributed by atoms with Gasteiger partial charge < -0.3 is 34.3 Å². The molecule has 4 rings (SSSR count). The van der Waals surface area contributed by atoms with E-state index in [1.165, 1.54) is 12.0 Å². The highest BCUT2D eigenvalue weighted by Gasteiger charge is 2.58. The van der Waals surface area contributed by atoms with Crippen molar-refractivity contribution in [3.63, 3.8) is 0 Å². The number of fused-ring (bicyclic) bond motifs is 5. The fourth-order valence-corrected chi connectivity index (χ4v) is 5.35. The topological polar surface area (TPSA) is 110 Å². The average Bonchev–Trinajstić information content (AvgIpc) is 3.51. The lowest BCUT2D eigenvalue weighted by Crippen LogP contribution is -2.51. The number of nitrogens with one attached hydrogen (secondary N) is 1. The van der Waals surface area contributed by atoms with E-state index in [0.717, 1.165) is 11.1 Å². The highest BCUT2D eigenvalue weighted by atomic mass is 35.5. The Balaban J connectivity index is 1.68. The Morgan fingerprint density at radius 3 is 2.70 bits per heavy atom. The SMILES string of the molecule is COc1cc2cc(c1Cl)N(C)C(=O)CC(O)C1(C)OC1C[C@@H]1C[C@@H](NC(=O)O1)C(OC)/C=C/C=C(\C)C2. The Kier molecular flexibility index (Phi) is 8.18. The Hall–Kier alpha value is -2.59. The summed E-state index contributed by atoms with van der Waals surface area (Å²) in [5.74, 6) is 0.150. The number of methoxy groups -OCH3 is 2. The first kappa shape index (κ1) is 27.4. The molecule has 3 aliphatic heterocycles. The molecule has 0 radical (unpaired) electrons. The number of epoxide rings is 1. The first-order valence-corrected chi connectivity index (χ1v) is 12.8. The molecule has 0 aromatic heterocycles. The maximum Gasteiger partial charge on any atom is 0.407 e. The fourth-order valence-electron chi connectivity index (χ4n) is 5.03. The molecule has 4 unspecified atom stereocenters. The summed E-state index contributed by atoms with van der Waals surface area (Å²) in [6, 6.07) is 3.43. The predicted octanol–water partition coefficient (Wildman–Crippen LogP) is 3.55. The third-order valence-electron chi connectivity index (χ3n) is 7.45. The second-order valence-electron chi connectivity index (χ2n) is 10.1. The van der Waals surface area contributed by atoms with Crippen LogP contribution in [0.25, 0.3) is 0 Å². The number of benzene rings is 1. The maximum absolute atomic E-state index is 13.2. The van der Waals surface area contributed by atoms with Crippen LogP contribution in [0.3, 0.4) is 0 Å². The number of halogens is 1. The summed E-state index contributed by atoms with van der Waals surface area (Å²) in [5, 5.41) is 14.1. The van der Waals surface area contributed by atoms with Crippen molar-refractivity contribution in [3.8, 4) is 5.75 Å². The Morgan fingerprint density at radius 2 is 2.00 bits per heavy atom. The number of amides is 2. The van der Waals surface area contributed by atoms with Crippen molar-refractivity contribution in [1.29, 1.82) is 0 Å². The molecule has 0 aliphatic carbocycles. The third-order valence-corrected chi connectivity index (χ3v) is 7.83. The monoisotopic (exact) mass is 534 g/mol. The van der Waals surface area contributed by atoms with Crippen molar-refractivity contribution in [2.24, 2.45) is 0 Å². The largest absolute Gasteiger partial charge is 0.495 e. The number of carbonyl (C=O) groups excluding carboxylic acids is 2. The van der Waals surface area contributed by atoms with Crippen LogP contribution in [0, 0.1) is 0 Å². The molecule has 2 saturated heterocycles. The highest BCUT2D eigenvalue weighted by Crippen LogP contribution is 2.45. The molecular formula is C27H35ClN2O7. The van der Waals surface area contributed by atoms with Gasteiger partial charge in [0.1, 0.15) is 22.5 Å². The average molecular weight is 535 g/mol. The number of carbonyl (C=O) groups is 2. The molecule has 1 aromatic rings. The first-order valence-electron chi connectivity index (χ1n) is 12.4. The lowest BCUT2D eigenvalue weighted by Gasteiger charge is -2.33. The number of aliphatic hydroxyl groups is 1. The zero-order valence-electron chi connectivity index (χ0n) is 21.8. The minimum absolute atomic E-state index is 0.157. The molecule has 0 saturated carbocycles. The van der Waals surface area contributed by atoms with Crippen molar-refractivity contribution in [2.45, 2.75) is 75.6 Å². The molecule has 4 bridgehead atoms. The van der Waals surface area contributed by atoms with E-state index in [9.17, 15) is 14.7 Å².